The van der Waals surface area contributed by atoms with Crippen LogP contribution in [0.5, 0.6) is 0 Å². The number of hydrogen-bond acceptors (Lipinski definition) is 4. The van der Waals surface area contributed by atoms with Gasteiger partial charge in [0.05, 0.1) is 10.3 Å². The first-order chi connectivity index (χ1) is 8.23. The van der Waals surface area contributed by atoms with Crippen LogP contribution in [-0.4, -0.2) is 27.1 Å². The van der Waals surface area contributed by atoms with E-state index in [2.05, 4.69) is 6.58 Å². The van der Waals surface area contributed by atoms with Crippen LogP contribution in [0.15, 0.2) is 36.6 Å². The Bertz CT molecular complexity index is 437. The van der Waals surface area contributed by atoms with Crippen LogP contribution in [0.1, 0.15) is 13.3 Å². The Morgan fingerprint density at radius 3 is 2.39 bits per heavy atom. The topological polar surface area (TPSA) is 118 Å². The van der Waals surface area contributed by atoms with Crippen molar-refractivity contribution < 1.29 is 24.7 Å². The second kappa shape index (κ2) is 6.33. The van der Waals surface area contributed by atoms with Crippen molar-refractivity contribution in [2.45, 2.75) is 13.3 Å². The Morgan fingerprint density at radius 2 is 2.06 bits per heavy atom. The molecule has 1 aliphatic rings. The number of nitro groups is 1. The maximum absolute atomic E-state index is 10.8. The fourth-order valence-corrected chi connectivity index (χ4v) is 1.18. The number of hydrogen-bond donors (Lipinski definition) is 2. The minimum absolute atomic E-state index is 0.0359. The highest BCUT2D eigenvalue weighted by molar-refractivity contribution is 5.90. The minimum Gasteiger partial charge on any atom is -0.481 e. The van der Waals surface area contributed by atoms with E-state index in [0.29, 0.717) is 6.20 Å². The third-order valence-corrected chi connectivity index (χ3v) is 2.23. The van der Waals surface area contributed by atoms with E-state index < -0.39 is 22.3 Å². The Hall–Kier alpha value is -2.44. The van der Waals surface area contributed by atoms with Gasteiger partial charge in [-0.15, -0.1) is 0 Å². The van der Waals surface area contributed by atoms with Crippen molar-refractivity contribution in [1.29, 1.82) is 0 Å². The summed E-state index contributed by atoms with van der Waals surface area (Å²) in [5.41, 5.74) is -0.949. The maximum atomic E-state index is 10.8. The van der Waals surface area contributed by atoms with Crippen molar-refractivity contribution in [2.75, 3.05) is 0 Å². The molecule has 0 saturated heterocycles. The van der Waals surface area contributed by atoms with E-state index in [4.69, 9.17) is 20.3 Å². The fourth-order valence-electron chi connectivity index (χ4n) is 1.18. The highest BCUT2D eigenvalue weighted by Gasteiger charge is 2.34. The SMILES string of the molecule is C=C[N+](=O)[O-].CC1(C(=O)O)C=CC=C(C(=O)O)C1. The lowest BCUT2D eigenvalue weighted by Gasteiger charge is -2.23. The van der Waals surface area contributed by atoms with Gasteiger partial charge in [-0.3, -0.25) is 14.9 Å². The van der Waals surface area contributed by atoms with Gasteiger partial charge in [0, 0.05) is 5.57 Å². The van der Waals surface area contributed by atoms with Crippen molar-refractivity contribution in [3.05, 3.63) is 46.7 Å². The number of allylic oxidation sites excluding steroid dienone is 2. The number of carboxylic acid groups (broad SMARTS) is 2. The molecule has 1 atom stereocenters. The summed E-state index contributed by atoms with van der Waals surface area (Å²) in [5.74, 6) is -2.06. The third-order valence-electron chi connectivity index (χ3n) is 2.23. The van der Waals surface area contributed by atoms with E-state index in [9.17, 15) is 9.59 Å². The third kappa shape index (κ3) is 4.60. The van der Waals surface area contributed by atoms with Gasteiger partial charge in [0.25, 0.3) is 0 Å². The average molecular weight is 255 g/mol. The Kier molecular flexibility index (Phi) is 5.47. The number of aliphatic carboxylic acids is 2. The van der Waals surface area contributed by atoms with Gasteiger partial charge in [0.2, 0.25) is 6.20 Å². The summed E-state index contributed by atoms with van der Waals surface area (Å²) in [6.45, 7) is 4.36. The summed E-state index contributed by atoms with van der Waals surface area (Å²) < 4.78 is 0. The number of carbonyl (C=O) groups is 2. The lowest BCUT2D eigenvalue weighted by atomic mass is 9.80. The Labute approximate surface area is 103 Å². The van der Waals surface area contributed by atoms with Crippen molar-refractivity contribution >= 4 is 11.9 Å². The van der Waals surface area contributed by atoms with Gasteiger partial charge in [-0.2, -0.15) is 0 Å². The number of carboxylic acids is 2. The molecule has 0 amide bonds. The minimum atomic E-state index is -1.08. The average Bonchev–Trinajstić information content (AvgIpc) is 2.29. The van der Waals surface area contributed by atoms with Crippen LogP contribution in [0, 0.1) is 15.5 Å². The van der Waals surface area contributed by atoms with Crippen molar-refractivity contribution in [1.82, 2.24) is 0 Å². The van der Waals surface area contributed by atoms with Gasteiger partial charge >= 0.3 is 11.9 Å². The van der Waals surface area contributed by atoms with Crippen LogP contribution in [-0.2, 0) is 9.59 Å². The monoisotopic (exact) mass is 255 g/mol. The molecule has 0 fully saturated rings. The molecular weight excluding hydrogens is 242 g/mol. The Balaban J connectivity index is 0.000000494. The summed E-state index contributed by atoms with van der Waals surface area (Å²) in [4.78, 5) is 29.8. The van der Waals surface area contributed by atoms with Crippen LogP contribution in [0.4, 0.5) is 0 Å². The standard InChI is InChI=1S/C9H10O4.C2H3NO2/c1-9(8(12)13)4-2-3-6(5-9)7(10)11;1-2-3(4)5/h2-4H,5H2,1H3,(H,10,11)(H,12,13);2H,1H2. The lowest BCUT2D eigenvalue weighted by molar-refractivity contribution is -0.401. The summed E-state index contributed by atoms with van der Waals surface area (Å²) in [6, 6.07) is 0. The highest BCUT2D eigenvalue weighted by Crippen LogP contribution is 2.31. The Morgan fingerprint density at radius 1 is 1.56 bits per heavy atom. The normalized spacial score (nSPS) is 21.1. The summed E-state index contributed by atoms with van der Waals surface area (Å²) >= 11 is 0. The largest absolute Gasteiger partial charge is 0.481 e. The van der Waals surface area contributed by atoms with Crippen molar-refractivity contribution in [3.63, 3.8) is 0 Å². The van der Waals surface area contributed by atoms with Gasteiger partial charge in [-0.05, 0) is 19.9 Å². The van der Waals surface area contributed by atoms with E-state index in [0.717, 1.165) is 0 Å². The van der Waals surface area contributed by atoms with Crippen molar-refractivity contribution in [3.8, 4) is 0 Å². The molecule has 0 heterocycles. The molecule has 0 spiro atoms. The molecule has 0 bridgehead atoms. The van der Waals surface area contributed by atoms with Crippen LogP contribution in [0.3, 0.4) is 0 Å². The van der Waals surface area contributed by atoms with Crippen LogP contribution in [0.25, 0.3) is 0 Å². The van der Waals surface area contributed by atoms with E-state index in [1.54, 1.807) is 0 Å². The maximum Gasteiger partial charge on any atom is 0.331 e. The first-order valence-corrected chi connectivity index (χ1v) is 4.84. The van der Waals surface area contributed by atoms with Gasteiger partial charge in [0.1, 0.15) is 0 Å². The van der Waals surface area contributed by atoms with Crippen LogP contribution >= 0.6 is 0 Å². The van der Waals surface area contributed by atoms with Crippen molar-refractivity contribution in [2.24, 2.45) is 5.41 Å². The molecule has 0 saturated carbocycles. The van der Waals surface area contributed by atoms with E-state index in [1.807, 2.05) is 0 Å². The molecule has 0 aromatic rings. The molecule has 2 N–H and O–H groups in total. The molecule has 0 aromatic heterocycles. The summed E-state index contributed by atoms with van der Waals surface area (Å²) in [5, 5.41) is 26.5. The molecular formula is C11H13NO6. The zero-order valence-corrected chi connectivity index (χ0v) is 9.70. The lowest BCUT2D eigenvalue weighted by Crippen LogP contribution is -2.28. The molecule has 1 rings (SSSR count). The zero-order valence-electron chi connectivity index (χ0n) is 9.70. The molecule has 0 radical (unpaired) electrons. The van der Waals surface area contributed by atoms with Gasteiger partial charge in [0.15, 0.2) is 0 Å². The quantitative estimate of drug-likeness (QED) is 0.582. The molecule has 18 heavy (non-hydrogen) atoms. The van der Waals surface area contributed by atoms with E-state index in [1.165, 1.54) is 25.2 Å². The highest BCUT2D eigenvalue weighted by atomic mass is 16.6. The van der Waals surface area contributed by atoms with Gasteiger partial charge in [-0.1, -0.05) is 18.2 Å². The zero-order chi connectivity index (χ0) is 14.3. The van der Waals surface area contributed by atoms with Crippen LogP contribution < -0.4 is 0 Å². The number of nitrogens with zero attached hydrogens (tertiary/aromatic N) is 1. The predicted molar refractivity (Wildman–Crippen MR) is 62.4 cm³/mol. The molecule has 7 nitrogen and oxygen atoms in total. The fraction of sp³-hybridized carbons (Fsp3) is 0.273. The van der Waals surface area contributed by atoms with E-state index >= 15 is 0 Å². The molecule has 0 aromatic carbocycles. The molecule has 1 aliphatic carbocycles. The first kappa shape index (κ1) is 15.6. The summed E-state index contributed by atoms with van der Waals surface area (Å²) in [6.07, 6.45) is 5.07. The molecule has 1 unspecified atom stereocenters. The van der Waals surface area contributed by atoms with E-state index in [-0.39, 0.29) is 12.0 Å². The molecule has 0 aliphatic heterocycles. The number of rotatable bonds is 3. The molecule has 7 heteroatoms. The predicted octanol–water partition coefficient (Wildman–Crippen LogP) is 1.45. The second-order valence-corrected chi connectivity index (χ2v) is 3.72. The first-order valence-electron chi connectivity index (χ1n) is 4.84. The van der Waals surface area contributed by atoms with Gasteiger partial charge in [-0.25, -0.2) is 4.79 Å². The van der Waals surface area contributed by atoms with Crippen LogP contribution in [0.2, 0.25) is 0 Å². The smallest absolute Gasteiger partial charge is 0.331 e. The second-order valence-electron chi connectivity index (χ2n) is 3.72. The van der Waals surface area contributed by atoms with Gasteiger partial charge < -0.3 is 10.2 Å². The summed E-state index contributed by atoms with van der Waals surface area (Å²) in [7, 11) is 0. The molecule has 98 valence electrons.